The van der Waals surface area contributed by atoms with Crippen LogP contribution < -0.4 is 0 Å². The molecular formula is C16H22ClNO. The van der Waals surface area contributed by atoms with Gasteiger partial charge in [0.15, 0.2) is 11.5 Å². The van der Waals surface area contributed by atoms with E-state index in [-0.39, 0.29) is 5.38 Å². The molecule has 0 aliphatic carbocycles. The molecule has 0 amide bonds. The lowest BCUT2D eigenvalue weighted by atomic mass is 10.1. The predicted octanol–water partition coefficient (Wildman–Crippen LogP) is 5.34. The third kappa shape index (κ3) is 4.54. The molecule has 2 nitrogen and oxygen atoms in total. The zero-order valence-electron chi connectivity index (χ0n) is 11.6. The molecule has 0 aliphatic rings. The van der Waals surface area contributed by atoms with E-state index >= 15 is 0 Å². The Morgan fingerprint density at radius 1 is 1.16 bits per heavy atom. The highest BCUT2D eigenvalue weighted by atomic mass is 35.5. The second kappa shape index (κ2) is 7.54. The Balaban J connectivity index is 1.76. The summed E-state index contributed by atoms with van der Waals surface area (Å²) in [6.07, 6.45) is 8.20. The number of oxazole rings is 1. The number of benzene rings is 1. The van der Waals surface area contributed by atoms with Gasteiger partial charge in [0.25, 0.3) is 0 Å². The zero-order valence-corrected chi connectivity index (χ0v) is 12.3. The van der Waals surface area contributed by atoms with Crippen LogP contribution in [0.4, 0.5) is 0 Å². The fourth-order valence-electron chi connectivity index (χ4n) is 2.27. The minimum Gasteiger partial charge on any atom is -0.441 e. The summed E-state index contributed by atoms with van der Waals surface area (Å²) >= 11 is 6.36. The number of hydrogen-bond donors (Lipinski definition) is 0. The molecule has 104 valence electrons. The van der Waals surface area contributed by atoms with Gasteiger partial charge in [-0.1, -0.05) is 51.2 Å². The van der Waals surface area contributed by atoms with E-state index in [0.717, 1.165) is 29.8 Å². The van der Waals surface area contributed by atoms with E-state index in [1.807, 2.05) is 24.3 Å². The number of hydrogen-bond acceptors (Lipinski definition) is 2. The first kappa shape index (κ1) is 14.4. The summed E-state index contributed by atoms with van der Waals surface area (Å²) in [6.45, 7) is 2.23. The Labute approximate surface area is 120 Å². The summed E-state index contributed by atoms with van der Waals surface area (Å²) in [6, 6.07) is 7.85. The molecule has 0 saturated carbocycles. The van der Waals surface area contributed by atoms with E-state index in [1.165, 1.54) is 32.1 Å². The van der Waals surface area contributed by atoms with Crippen molar-refractivity contribution in [3.8, 4) is 0 Å². The minimum absolute atomic E-state index is 0.134. The van der Waals surface area contributed by atoms with Crippen LogP contribution in [0.25, 0.3) is 11.1 Å². The maximum absolute atomic E-state index is 6.36. The first-order valence-electron chi connectivity index (χ1n) is 7.28. The van der Waals surface area contributed by atoms with Crippen molar-refractivity contribution < 1.29 is 4.42 Å². The first-order chi connectivity index (χ1) is 9.29. The summed E-state index contributed by atoms with van der Waals surface area (Å²) in [5, 5.41) is 0.134. The van der Waals surface area contributed by atoms with Gasteiger partial charge < -0.3 is 4.42 Å². The number of para-hydroxylation sites is 2. The lowest BCUT2D eigenvalue weighted by molar-refractivity contribution is 0.507. The Morgan fingerprint density at radius 3 is 2.74 bits per heavy atom. The molecule has 0 saturated heterocycles. The predicted molar refractivity (Wildman–Crippen MR) is 80.7 cm³/mol. The largest absolute Gasteiger partial charge is 0.441 e. The van der Waals surface area contributed by atoms with Crippen molar-refractivity contribution in [3.63, 3.8) is 0 Å². The lowest BCUT2D eigenvalue weighted by Crippen LogP contribution is -2.03. The van der Waals surface area contributed by atoms with Crippen LogP contribution in [0.1, 0.15) is 51.3 Å². The molecule has 1 atom stereocenters. The average molecular weight is 280 g/mol. The van der Waals surface area contributed by atoms with Crippen molar-refractivity contribution in [2.75, 3.05) is 0 Å². The van der Waals surface area contributed by atoms with Crippen LogP contribution in [0.15, 0.2) is 28.7 Å². The van der Waals surface area contributed by atoms with E-state index in [0.29, 0.717) is 0 Å². The summed E-state index contributed by atoms with van der Waals surface area (Å²) in [5.41, 5.74) is 1.77. The first-order valence-corrected chi connectivity index (χ1v) is 7.71. The van der Waals surface area contributed by atoms with Crippen LogP contribution in [-0.4, -0.2) is 10.4 Å². The van der Waals surface area contributed by atoms with Gasteiger partial charge in [0.1, 0.15) is 5.52 Å². The van der Waals surface area contributed by atoms with Crippen molar-refractivity contribution in [1.29, 1.82) is 0 Å². The van der Waals surface area contributed by atoms with Crippen molar-refractivity contribution in [3.05, 3.63) is 30.2 Å². The molecule has 3 heteroatoms. The van der Waals surface area contributed by atoms with E-state index in [2.05, 4.69) is 11.9 Å². The average Bonchev–Trinajstić information content (AvgIpc) is 2.80. The van der Waals surface area contributed by atoms with Gasteiger partial charge in [-0.3, -0.25) is 0 Å². The van der Waals surface area contributed by atoms with Gasteiger partial charge in [0, 0.05) is 11.8 Å². The van der Waals surface area contributed by atoms with E-state index in [1.54, 1.807) is 0 Å². The van der Waals surface area contributed by atoms with Crippen molar-refractivity contribution in [1.82, 2.24) is 4.98 Å². The topological polar surface area (TPSA) is 26.0 Å². The monoisotopic (exact) mass is 279 g/mol. The van der Waals surface area contributed by atoms with Crippen LogP contribution >= 0.6 is 11.6 Å². The lowest BCUT2D eigenvalue weighted by Gasteiger charge is -2.06. The van der Waals surface area contributed by atoms with Gasteiger partial charge in [-0.05, 0) is 18.6 Å². The molecule has 1 aromatic carbocycles. The maximum atomic E-state index is 6.36. The van der Waals surface area contributed by atoms with Crippen LogP contribution in [-0.2, 0) is 6.42 Å². The number of aromatic nitrogens is 1. The molecular weight excluding hydrogens is 258 g/mol. The summed E-state index contributed by atoms with van der Waals surface area (Å²) in [4.78, 5) is 4.46. The number of nitrogens with zero attached hydrogens (tertiary/aromatic N) is 1. The van der Waals surface area contributed by atoms with E-state index in [4.69, 9.17) is 16.0 Å². The third-order valence-corrected chi connectivity index (χ3v) is 3.73. The van der Waals surface area contributed by atoms with Crippen LogP contribution in [0.3, 0.4) is 0 Å². The molecule has 19 heavy (non-hydrogen) atoms. The van der Waals surface area contributed by atoms with Crippen molar-refractivity contribution in [2.24, 2.45) is 0 Å². The summed E-state index contributed by atoms with van der Waals surface area (Å²) < 4.78 is 5.69. The molecule has 1 heterocycles. The molecule has 2 rings (SSSR count). The highest BCUT2D eigenvalue weighted by Crippen LogP contribution is 2.19. The van der Waals surface area contributed by atoms with Gasteiger partial charge in [0.05, 0.1) is 0 Å². The molecule has 0 fully saturated rings. The number of alkyl halides is 1. The summed E-state index contributed by atoms with van der Waals surface area (Å²) in [5.74, 6) is 0.759. The Kier molecular flexibility index (Phi) is 5.71. The Morgan fingerprint density at radius 2 is 1.95 bits per heavy atom. The standard InChI is InChI=1S/C16H22ClNO/c1-2-3-4-5-6-9-13(17)12-16-18-14-10-7-8-11-15(14)19-16/h7-8,10-11,13H,2-6,9,12H2,1H3. The Bertz CT molecular complexity index is 461. The second-order valence-corrected chi connectivity index (χ2v) is 5.70. The highest BCUT2D eigenvalue weighted by molar-refractivity contribution is 6.20. The van der Waals surface area contributed by atoms with Gasteiger partial charge in [0.2, 0.25) is 0 Å². The van der Waals surface area contributed by atoms with Crippen LogP contribution in [0.2, 0.25) is 0 Å². The normalized spacial score (nSPS) is 12.9. The number of halogens is 1. The van der Waals surface area contributed by atoms with Gasteiger partial charge in [-0.15, -0.1) is 11.6 Å². The van der Waals surface area contributed by atoms with Crippen molar-refractivity contribution >= 4 is 22.7 Å². The molecule has 0 spiro atoms. The minimum atomic E-state index is 0.134. The Hall–Kier alpha value is -1.02. The molecule has 1 unspecified atom stereocenters. The van der Waals surface area contributed by atoms with Gasteiger partial charge in [-0.25, -0.2) is 4.98 Å². The van der Waals surface area contributed by atoms with Crippen LogP contribution in [0, 0.1) is 0 Å². The van der Waals surface area contributed by atoms with Crippen LogP contribution in [0.5, 0.6) is 0 Å². The molecule has 2 aromatic rings. The molecule has 0 aliphatic heterocycles. The molecule has 1 aromatic heterocycles. The number of fused-ring (bicyclic) bond motifs is 1. The van der Waals surface area contributed by atoms with Gasteiger partial charge in [-0.2, -0.15) is 0 Å². The molecule has 0 radical (unpaired) electrons. The fraction of sp³-hybridized carbons (Fsp3) is 0.562. The quantitative estimate of drug-likeness (QED) is 0.482. The number of rotatable bonds is 8. The molecule has 0 N–H and O–H groups in total. The highest BCUT2D eigenvalue weighted by Gasteiger charge is 2.11. The van der Waals surface area contributed by atoms with Gasteiger partial charge >= 0.3 is 0 Å². The summed E-state index contributed by atoms with van der Waals surface area (Å²) in [7, 11) is 0. The fourth-order valence-corrected chi connectivity index (χ4v) is 2.55. The maximum Gasteiger partial charge on any atom is 0.196 e. The smallest absolute Gasteiger partial charge is 0.196 e. The molecule has 0 bridgehead atoms. The zero-order chi connectivity index (χ0) is 13.5. The van der Waals surface area contributed by atoms with E-state index in [9.17, 15) is 0 Å². The van der Waals surface area contributed by atoms with E-state index < -0.39 is 0 Å². The SMILES string of the molecule is CCCCCCCC(Cl)Cc1nc2ccccc2o1. The van der Waals surface area contributed by atoms with Crippen molar-refractivity contribution in [2.45, 2.75) is 57.2 Å². The third-order valence-electron chi connectivity index (χ3n) is 3.36. The number of unbranched alkanes of at least 4 members (excludes halogenated alkanes) is 4. The second-order valence-electron chi connectivity index (χ2n) is 5.08.